The summed E-state index contributed by atoms with van der Waals surface area (Å²) in [7, 11) is 0. The van der Waals surface area contributed by atoms with Crippen molar-refractivity contribution in [2.24, 2.45) is 11.8 Å². The Kier molecular flexibility index (Phi) is 2.98. The zero-order valence-corrected chi connectivity index (χ0v) is 7.14. The lowest BCUT2D eigenvalue weighted by Gasteiger charge is -2.21. The predicted octanol–water partition coefficient (Wildman–Crippen LogP) is 3.39. The molecular formula is C10H18. The second kappa shape index (κ2) is 3.80. The molecule has 0 heterocycles. The van der Waals surface area contributed by atoms with Crippen molar-refractivity contribution in [3.63, 3.8) is 0 Å². The monoisotopic (exact) mass is 138 g/mol. The van der Waals surface area contributed by atoms with Crippen molar-refractivity contribution in [1.29, 1.82) is 0 Å². The quantitative estimate of drug-likeness (QED) is 0.513. The molecule has 0 heteroatoms. The Bertz CT molecular complexity index is 113. The molecule has 0 saturated heterocycles. The molecule has 0 aromatic heterocycles. The first-order chi connectivity index (χ1) is 4.83. The maximum Gasteiger partial charge on any atom is -0.0259 e. The van der Waals surface area contributed by atoms with E-state index in [1.807, 2.05) is 0 Å². The molecule has 0 amide bonds. The fourth-order valence-corrected chi connectivity index (χ4v) is 1.85. The highest BCUT2D eigenvalue weighted by Crippen LogP contribution is 2.26. The summed E-state index contributed by atoms with van der Waals surface area (Å²) in [4.78, 5) is 0. The summed E-state index contributed by atoms with van der Waals surface area (Å²) in [5, 5.41) is 0. The van der Waals surface area contributed by atoms with Gasteiger partial charge in [-0.1, -0.05) is 38.8 Å². The van der Waals surface area contributed by atoms with Crippen LogP contribution in [0.1, 0.15) is 39.5 Å². The van der Waals surface area contributed by atoms with E-state index >= 15 is 0 Å². The Morgan fingerprint density at radius 3 is 2.90 bits per heavy atom. The van der Waals surface area contributed by atoms with E-state index in [9.17, 15) is 0 Å². The molecule has 0 spiro atoms. The van der Waals surface area contributed by atoms with E-state index < -0.39 is 0 Å². The van der Waals surface area contributed by atoms with Crippen molar-refractivity contribution in [3.8, 4) is 0 Å². The van der Waals surface area contributed by atoms with Gasteiger partial charge in [0.25, 0.3) is 0 Å². The first-order valence-corrected chi connectivity index (χ1v) is 4.49. The Morgan fingerprint density at radius 1 is 1.50 bits per heavy atom. The molecule has 1 aliphatic rings. The molecule has 0 nitrogen and oxygen atoms in total. The third-order valence-electron chi connectivity index (χ3n) is 2.34. The second-order valence-electron chi connectivity index (χ2n) is 3.53. The summed E-state index contributed by atoms with van der Waals surface area (Å²) < 4.78 is 0. The number of hydrogen-bond acceptors (Lipinski definition) is 0. The third-order valence-corrected chi connectivity index (χ3v) is 2.34. The largest absolute Gasteiger partial charge is 0.0880 e. The first-order valence-electron chi connectivity index (χ1n) is 4.49. The summed E-state index contributed by atoms with van der Waals surface area (Å²) in [5.41, 5.74) is 0. The van der Waals surface area contributed by atoms with Crippen LogP contribution in [0.15, 0.2) is 12.2 Å². The molecule has 0 aromatic rings. The molecule has 1 aliphatic carbocycles. The van der Waals surface area contributed by atoms with E-state index in [1.165, 1.54) is 25.7 Å². The molecule has 58 valence electrons. The molecule has 1 rings (SSSR count). The molecule has 2 unspecified atom stereocenters. The SMILES string of the molecule is CCCC1CC=CC(C)C1. The molecule has 2 atom stereocenters. The molecule has 0 saturated carbocycles. The van der Waals surface area contributed by atoms with E-state index in [1.54, 1.807) is 0 Å². The van der Waals surface area contributed by atoms with Crippen LogP contribution in [0.3, 0.4) is 0 Å². The van der Waals surface area contributed by atoms with Crippen molar-refractivity contribution >= 4 is 0 Å². The molecule has 0 radical (unpaired) electrons. The Hall–Kier alpha value is -0.260. The number of allylic oxidation sites excluding steroid dienone is 2. The fraction of sp³-hybridized carbons (Fsp3) is 0.800. The van der Waals surface area contributed by atoms with Crippen LogP contribution in [0.5, 0.6) is 0 Å². The fourth-order valence-electron chi connectivity index (χ4n) is 1.85. The van der Waals surface area contributed by atoms with Crippen LogP contribution >= 0.6 is 0 Å². The number of rotatable bonds is 2. The highest BCUT2D eigenvalue weighted by Gasteiger charge is 2.12. The first kappa shape index (κ1) is 7.84. The summed E-state index contributed by atoms with van der Waals surface area (Å²) >= 11 is 0. The van der Waals surface area contributed by atoms with Gasteiger partial charge in [0.15, 0.2) is 0 Å². The van der Waals surface area contributed by atoms with Gasteiger partial charge in [0.05, 0.1) is 0 Å². The Labute approximate surface area is 64.3 Å². The van der Waals surface area contributed by atoms with Crippen LogP contribution in [0.4, 0.5) is 0 Å². The van der Waals surface area contributed by atoms with E-state index in [0.29, 0.717) is 0 Å². The smallest absolute Gasteiger partial charge is 0.0259 e. The lowest BCUT2D eigenvalue weighted by atomic mass is 9.85. The molecule has 10 heavy (non-hydrogen) atoms. The van der Waals surface area contributed by atoms with Gasteiger partial charge in [-0.3, -0.25) is 0 Å². The van der Waals surface area contributed by atoms with Gasteiger partial charge in [0, 0.05) is 0 Å². The highest BCUT2D eigenvalue weighted by atomic mass is 14.2. The Morgan fingerprint density at radius 2 is 2.30 bits per heavy atom. The van der Waals surface area contributed by atoms with Crippen LogP contribution in [0, 0.1) is 11.8 Å². The lowest BCUT2D eigenvalue weighted by Crippen LogP contribution is -2.08. The van der Waals surface area contributed by atoms with E-state index in [-0.39, 0.29) is 0 Å². The minimum Gasteiger partial charge on any atom is -0.0880 e. The van der Waals surface area contributed by atoms with Gasteiger partial charge < -0.3 is 0 Å². The normalized spacial score (nSPS) is 32.6. The topological polar surface area (TPSA) is 0 Å². The maximum absolute atomic E-state index is 2.36. The van der Waals surface area contributed by atoms with E-state index in [0.717, 1.165) is 11.8 Å². The lowest BCUT2D eigenvalue weighted by molar-refractivity contribution is 0.388. The van der Waals surface area contributed by atoms with Crippen LogP contribution in [-0.2, 0) is 0 Å². The van der Waals surface area contributed by atoms with Gasteiger partial charge in [-0.2, -0.15) is 0 Å². The Balaban J connectivity index is 2.29. The predicted molar refractivity (Wildman–Crippen MR) is 45.9 cm³/mol. The average molecular weight is 138 g/mol. The molecule has 0 fully saturated rings. The van der Waals surface area contributed by atoms with E-state index in [4.69, 9.17) is 0 Å². The standard InChI is InChI=1S/C10H18/c1-3-5-10-7-4-6-9(2)8-10/h4,6,9-10H,3,5,7-8H2,1-2H3. The van der Waals surface area contributed by atoms with Gasteiger partial charge in [-0.15, -0.1) is 0 Å². The summed E-state index contributed by atoms with van der Waals surface area (Å²) in [6, 6.07) is 0. The van der Waals surface area contributed by atoms with Crippen LogP contribution < -0.4 is 0 Å². The summed E-state index contributed by atoms with van der Waals surface area (Å²) in [6.07, 6.45) is 10.2. The van der Waals surface area contributed by atoms with Crippen molar-refractivity contribution in [1.82, 2.24) is 0 Å². The van der Waals surface area contributed by atoms with Crippen LogP contribution in [0.25, 0.3) is 0 Å². The molecule has 0 aromatic carbocycles. The third kappa shape index (κ3) is 2.17. The molecule has 0 N–H and O–H groups in total. The van der Waals surface area contributed by atoms with E-state index in [2.05, 4.69) is 26.0 Å². The maximum atomic E-state index is 2.36. The number of hydrogen-bond donors (Lipinski definition) is 0. The van der Waals surface area contributed by atoms with Crippen LogP contribution in [0.2, 0.25) is 0 Å². The average Bonchev–Trinajstić information content (AvgIpc) is 1.88. The zero-order chi connectivity index (χ0) is 7.40. The van der Waals surface area contributed by atoms with Crippen molar-refractivity contribution in [3.05, 3.63) is 12.2 Å². The minimum atomic E-state index is 0.838. The van der Waals surface area contributed by atoms with Gasteiger partial charge in [0.1, 0.15) is 0 Å². The van der Waals surface area contributed by atoms with Crippen molar-refractivity contribution in [2.45, 2.75) is 39.5 Å². The zero-order valence-electron chi connectivity index (χ0n) is 7.14. The summed E-state index contributed by atoms with van der Waals surface area (Å²) in [5.74, 6) is 1.83. The van der Waals surface area contributed by atoms with Gasteiger partial charge in [-0.05, 0) is 24.7 Å². The molecule has 0 bridgehead atoms. The highest BCUT2D eigenvalue weighted by molar-refractivity contribution is 4.94. The summed E-state index contributed by atoms with van der Waals surface area (Å²) in [6.45, 7) is 4.60. The molecular weight excluding hydrogens is 120 g/mol. The molecule has 0 aliphatic heterocycles. The van der Waals surface area contributed by atoms with Gasteiger partial charge in [0.2, 0.25) is 0 Å². The van der Waals surface area contributed by atoms with Crippen molar-refractivity contribution in [2.75, 3.05) is 0 Å². The minimum absolute atomic E-state index is 0.838. The van der Waals surface area contributed by atoms with Gasteiger partial charge in [-0.25, -0.2) is 0 Å². The second-order valence-corrected chi connectivity index (χ2v) is 3.53. The van der Waals surface area contributed by atoms with Crippen LogP contribution in [-0.4, -0.2) is 0 Å². The van der Waals surface area contributed by atoms with Crippen molar-refractivity contribution < 1.29 is 0 Å². The van der Waals surface area contributed by atoms with Gasteiger partial charge >= 0.3 is 0 Å².